The predicted octanol–water partition coefficient (Wildman–Crippen LogP) is 2.89. The quantitative estimate of drug-likeness (QED) is 0.681. The molecule has 4 heteroatoms. The zero-order valence-corrected chi connectivity index (χ0v) is 13.1. The highest BCUT2D eigenvalue weighted by Gasteiger charge is 2.27. The highest BCUT2D eigenvalue weighted by Crippen LogP contribution is 2.33. The lowest BCUT2D eigenvalue weighted by Crippen LogP contribution is -2.33. The molecule has 0 aliphatic rings. The first-order chi connectivity index (χ1) is 10.5. The van der Waals surface area contributed by atoms with Gasteiger partial charge < -0.3 is 15.2 Å². The van der Waals surface area contributed by atoms with Crippen LogP contribution < -0.4 is 15.2 Å². The standard InChI is InChI=1S/C18H21NO3/c1-13(20)22-17-10-6-15(7-11-17)18(2,12-19)14-4-8-16(21-3)9-5-14/h4-11H,12,19H2,1-3H3. The number of nitrogens with two attached hydrogens (primary N) is 1. The van der Waals surface area contributed by atoms with E-state index in [0.717, 1.165) is 16.9 Å². The number of esters is 1. The van der Waals surface area contributed by atoms with Crippen molar-refractivity contribution in [2.24, 2.45) is 5.73 Å². The molecule has 0 saturated heterocycles. The molecule has 2 rings (SSSR count). The Hall–Kier alpha value is -2.33. The predicted molar refractivity (Wildman–Crippen MR) is 86.3 cm³/mol. The molecule has 0 aromatic heterocycles. The second-order valence-corrected chi connectivity index (χ2v) is 5.38. The van der Waals surface area contributed by atoms with Crippen molar-refractivity contribution in [2.45, 2.75) is 19.3 Å². The molecule has 0 saturated carbocycles. The molecular weight excluding hydrogens is 278 g/mol. The third-order valence-electron chi connectivity index (χ3n) is 3.89. The Labute approximate surface area is 130 Å². The van der Waals surface area contributed by atoms with Gasteiger partial charge in [0, 0.05) is 18.9 Å². The van der Waals surface area contributed by atoms with Crippen LogP contribution >= 0.6 is 0 Å². The summed E-state index contributed by atoms with van der Waals surface area (Å²) in [6.07, 6.45) is 0. The lowest BCUT2D eigenvalue weighted by molar-refractivity contribution is -0.131. The van der Waals surface area contributed by atoms with Gasteiger partial charge in [0.15, 0.2) is 0 Å². The van der Waals surface area contributed by atoms with E-state index in [1.54, 1.807) is 19.2 Å². The average Bonchev–Trinajstić information content (AvgIpc) is 2.54. The number of carbonyl (C=O) groups is 1. The van der Waals surface area contributed by atoms with Crippen LogP contribution in [0, 0.1) is 0 Å². The molecule has 0 spiro atoms. The molecule has 0 amide bonds. The minimum atomic E-state index is -0.329. The molecule has 0 aliphatic carbocycles. The third kappa shape index (κ3) is 3.28. The molecule has 1 atom stereocenters. The molecule has 2 aromatic carbocycles. The zero-order valence-electron chi connectivity index (χ0n) is 13.1. The summed E-state index contributed by atoms with van der Waals surface area (Å²) in [5, 5.41) is 0. The first-order valence-electron chi connectivity index (χ1n) is 7.13. The van der Waals surface area contributed by atoms with E-state index in [1.165, 1.54) is 6.92 Å². The van der Waals surface area contributed by atoms with Crippen LogP contribution in [0.25, 0.3) is 0 Å². The maximum Gasteiger partial charge on any atom is 0.308 e. The summed E-state index contributed by atoms with van der Waals surface area (Å²) in [4.78, 5) is 11.0. The summed E-state index contributed by atoms with van der Waals surface area (Å²) in [6.45, 7) is 3.94. The Morgan fingerprint density at radius 2 is 1.45 bits per heavy atom. The van der Waals surface area contributed by atoms with Crippen molar-refractivity contribution < 1.29 is 14.3 Å². The van der Waals surface area contributed by atoms with Gasteiger partial charge in [-0.15, -0.1) is 0 Å². The van der Waals surface area contributed by atoms with Crippen molar-refractivity contribution in [3.63, 3.8) is 0 Å². The maximum atomic E-state index is 11.0. The molecule has 116 valence electrons. The van der Waals surface area contributed by atoms with Crippen molar-refractivity contribution in [3.05, 3.63) is 59.7 Å². The van der Waals surface area contributed by atoms with Crippen molar-refractivity contribution in [1.29, 1.82) is 0 Å². The Kier molecular flexibility index (Phi) is 4.83. The number of methoxy groups -OCH3 is 1. The van der Waals surface area contributed by atoms with Crippen molar-refractivity contribution >= 4 is 5.97 Å². The lowest BCUT2D eigenvalue weighted by atomic mass is 9.76. The molecule has 2 aromatic rings. The van der Waals surface area contributed by atoms with Crippen LogP contribution in [0.4, 0.5) is 0 Å². The van der Waals surface area contributed by atoms with Crippen LogP contribution in [0.5, 0.6) is 11.5 Å². The number of benzene rings is 2. The molecule has 4 nitrogen and oxygen atoms in total. The fourth-order valence-electron chi connectivity index (χ4n) is 2.42. The van der Waals surface area contributed by atoms with Gasteiger partial charge in [-0.05, 0) is 35.4 Å². The summed E-state index contributed by atoms with van der Waals surface area (Å²) >= 11 is 0. The Morgan fingerprint density at radius 1 is 1.00 bits per heavy atom. The monoisotopic (exact) mass is 299 g/mol. The Bertz CT molecular complexity index is 634. The van der Waals surface area contributed by atoms with Crippen LogP contribution in [0.2, 0.25) is 0 Å². The number of ether oxygens (including phenoxy) is 2. The van der Waals surface area contributed by atoms with Crippen LogP contribution in [0.15, 0.2) is 48.5 Å². The minimum absolute atomic E-state index is 0.318. The van der Waals surface area contributed by atoms with E-state index >= 15 is 0 Å². The number of hydrogen-bond donors (Lipinski definition) is 1. The highest BCUT2D eigenvalue weighted by atomic mass is 16.5. The Balaban J connectivity index is 2.33. The lowest BCUT2D eigenvalue weighted by Gasteiger charge is -2.29. The van der Waals surface area contributed by atoms with Crippen molar-refractivity contribution in [1.82, 2.24) is 0 Å². The smallest absolute Gasteiger partial charge is 0.308 e. The number of rotatable bonds is 5. The largest absolute Gasteiger partial charge is 0.497 e. The van der Waals surface area contributed by atoms with E-state index in [0.29, 0.717) is 12.3 Å². The second kappa shape index (κ2) is 6.62. The van der Waals surface area contributed by atoms with Gasteiger partial charge in [-0.2, -0.15) is 0 Å². The molecule has 2 N–H and O–H groups in total. The van der Waals surface area contributed by atoms with Gasteiger partial charge >= 0.3 is 5.97 Å². The van der Waals surface area contributed by atoms with Gasteiger partial charge in [0.2, 0.25) is 0 Å². The average molecular weight is 299 g/mol. The van der Waals surface area contributed by atoms with Crippen LogP contribution in [-0.4, -0.2) is 19.6 Å². The first-order valence-corrected chi connectivity index (χ1v) is 7.13. The van der Waals surface area contributed by atoms with Gasteiger partial charge in [0.05, 0.1) is 7.11 Å². The van der Waals surface area contributed by atoms with E-state index in [1.807, 2.05) is 36.4 Å². The summed E-state index contributed by atoms with van der Waals surface area (Å²) in [5.74, 6) is 1.02. The topological polar surface area (TPSA) is 61.6 Å². The maximum absolute atomic E-state index is 11.0. The van der Waals surface area contributed by atoms with E-state index in [2.05, 4.69) is 6.92 Å². The van der Waals surface area contributed by atoms with Gasteiger partial charge in [-0.1, -0.05) is 31.2 Å². The first kappa shape index (κ1) is 16.0. The molecular formula is C18H21NO3. The summed E-state index contributed by atoms with van der Waals surface area (Å²) in [6, 6.07) is 15.3. The fraction of sp³-hybridized carbons (Fsp3) is 0.278. The molecule has 0 heterocycles. The minimum Gasteiger partial charge on any atom is -0.497 e. The molecule has 22 heavy (non-hydrogen) atoms. The highest BCUT2D eigenvalue weighted by molar-refractivity contribution is 5.69. The second-order valence-electron chi connectivity index (χ2n) is 5.38. The zero-order chi connectivity index (χ0) is 16.2. The number of hydrogen-bond acceptors (Lipinski definition) is 4. The molecule has 0 aliphatic heterocycles. The van der Waals surface area contributed by atoms with Gasteiger partial charge in [-0.25, -0.2) is 0 Å². The van der Waals surface area contributed by atoms with Gasteiger partial charge in [0.1, 0.15) is 11.5 Å². The van der Waals surface area contributed by atoms with E-state index in [4.69, 9.17) is 15.2 Å². The van der Waals surface area contributed by atoms with Crippen LogP contribution in [0.1, 0.15) is 25.0 Å². The molecule has 0 bridgehead atoms. The molecule has 1 unspecified atom stereocenters. The van der Waals surface area contributed by atoms with Gasteiger partial charge in [0.25, 0.3) is 0 Å². The third-order valence-corrected chi connectivity index (χ3v) is 3.89. The SMILES string of the molecule is COc1ccc(C(C)(CN)c2ccc(OC(C)=O)cc2)cc1. The summed E-state index contributed by atoms with van der Waals surface area (Å²) < 4.78 is 10.3. The normalized spacial score (nSPS) is 13.3. The summed E-state index contributed by atoms with van der Waals surface area (Å²) in [5.41, 5.74) is 7.90. The van der Waals surface area contributed by atoms with E-state index in [-0.39, 0.29) is 11.4 Å². The van der Waals surface area contributed by atoms with Crippen molar-refractivity contribution in [2.75, 3.05) is 13.7 Å². The van der Waals surface area contributed by atoms with Crippen LogP contribution in [0.3, 0.4) is 0 Å². The van der Waals surface area contributed by atoms with E-state index in [9.17, 15) is 4.79 Å². The fourth-order valence-corrected chi connectivity index (χ4v) is 2.42. The van der Waals surface area contributed by atoms with Crippen LogP contribution in [-0.2, 0) is 10.2 Å². The van der Waals surface area contributed by atoms with Crippen molar-refractivity contribution in [3.8, 4) is 11.5 Å². The molecule has 0 radical (unpaired) electrons. The van der Waals surface area contributed by atoms with E-state index < -0.39 is 0 Å². The Morgan fingerprint density at radius 3 is 1.82 bits per heavy atom. The van der Waals surface area contributed by atoms with Gasteiger partial charge in [-0.3, -0.25) is 4.79 Å². The molecule has 0 fully saturated rings. The number of carbonyl (C=O) groups excluding carboxylic acids is 1. The summed E-state index contributed by atoms with van der Waals surface area (Å²) in [7, 11) is 1.64.